The maximum absolute atomic E-state index is 8.47. The standard InChI is InChI=1S/C9H12OS.C8H11NO/c1-6-4-8(10-3)5-7(2)9(6)11;10-7-6-9-8-4-2-1-3-5-8/h4-5,11H,1-3H3;1-5,9-10H,6-7H2. The van der Waals surface area contributed by atoms with Crippen molar-refractivity contribution < 1.29 is 9.84 Å². The summed E-state index contributed by atoms with van der Waals surface area (Å²) >= 11 is 4.34. The van der Waals surface area contributed by atoms with Gasteiger partial charge in [-0.15, -0.1) is 12.6 Å². The van der Waals surface area contributed by atoms with E-state index in [1.165, 1.54) is 0 Å². The lowest BCUT2D eigenvalue weighted by atomic mass is 10.1. The molecule has 0 heterocycles. The first-order chi connectivity index (χ1) is 10.1. The number of ether oxygens (including phenoxy) is 1. The molecular formula is C17H23NO2S. The van der Waals surface area contributed by atoms with Gasteiger partial charge in [0.1, 0.15) is 5.75 Å². The van der Waals surface area contributed by atoms with Crippen LogP contribution in [0.2, 0.25) is 0 Å². The molecule has 0 saturated heterocycles. The number of hydrogen-bond donors (Lipinski definition) is 3. The Balaban J connectivity index is 0.000000211. The van der Waals surface area contributed by atoms with Gasteiger partial charge < -0.3 is 15.2 Å². The fourth-order valence-electron chi connectivity index (χ4n) is 1.79. The number of para-hydroxylation sites is 1. The van der Waals surface area contributed by atoms with E-state index in [2.05, 4.69) is 17.9 Å². The lowest BCUT2D eigenvalue weighted by Gasteiger charge is -2.06. The second-order valence-electron chi connectivity index (χ2n) is 4.63. The van der Waals surface area contributed by atoms with Crippen molar-refractivity contribution in [3.05, 3.63) is 53.6 Å². The highest BCUT2D eigenvalue weighted by Crippen LogP contribution is 2.23. The summed E-state index contributed by atoms with van der Waals surface area (Å²) in [6.45, 7) is 4.84. The molecule has 114 valence electrons. The molecule has 2 aromatic rings. The predicted molar refractivity (Wildman–Crippen MR) is 91.7 cm³/mol. The molecule has 2 aromatic carbocycles. The van der Waals surface area contributed by atoms with Gasteiger partial charge in [-0.2, -0.15) is 0 Å². The largest absolute Gasteiger partial charge is 0.497 e. The van der Waals surface area contributed by atoms with Crippen molar-refractivity contribution >= 4 is 18.3 Å². The first-order valence-corrected chi connectivity index (χ1v) is 7.27. The topological polar surface area (TPSA) is 41.5 Å². The summed E-state index contributed by atoms with van der Waals surface area (Å²) in [5.74, 6) is 0.901. The molecule has 21 heavy (non-hydrogen) atoms. The monoisotopic (exact) mass is 305 g/mol. The average Bonchev–Trinajstić information content (AvgIpc) is 2.51. The van der Waals surface area contributed by atoms with Gasteiger partial charge in [-0.3, -0.25) is 0 Å². The number of methoxy groups -OCH3 is 1. The average molecular weight is 305 g/mol. The Morgan fingerprint density at radius 3 is 2.14 bits per heavy atom. The predicted octanol–water partition coefficient (Wildman–Crippen LogP) is 3.69. The normalized spacial score (nSPS) is 9.57. The summed E-state index contributed by atoms with van der Waals surface area (Å²) in [7, 11) is 1.67. The van der Waals surface area contributed by atoms with Crippen molar-refractivity contribution in [3.8, 4) is 5.75 Å². The second-order valence-corrected chi connectivity index (χ2v) is 5.07. The third kappa shape index (κ3) is 6.10. The smallest absolute Gasteiger partial charge is 0.119 e. The van der Waals surface area contributed by atoms with Gasteiger partial charge in [-0.25, -0.2) is 0 Å². The molecule has 0 radical (unpaired) electrons. The summed E-state index contributed by atoms with van der Waals surface area (Å²) in [6, 6.07) is 13.8. The fraction of sp³-hybridized carbons (Fsp3) is 0.294. The van der Waals surface area contributed by atoms with E-state index in [-0.39, 0.29) is 6.61 Å². The van der Waals surface area contributed by atoms with E-state index in [9.17, 15) is 0 Å². The zero-order valence-electron chi connectivity index (χ0n) is 12.8. The van der Waals surface area contributed by atoms with Crippen LogP contribution in [0.3, 0.4) is 0 Å². The van der Waals surface area contributed by atoms with E-state index >= 15 is 0 Å². The van der Waals surface area contributed by atoms with Crippen LogP contribution in [-0.4, -0.2) is 25.4 Å². The molecule has 3 nitrogen and oxygen atoms in total. The Labute approximate surface area is 132 Å². The highest BCUT2D eigenvalue weighted by Gasteiger charge is 2.00. The van der Waals surface area contributed by atoms with Gasteiger partial charge in [-0.1, -0.05) is 18.2 Å². The van der Waals surface area contributed by atoms with E-state index in [1.807, 2.05) is 56.3 Å². The minimum absolute atomic E-state index is 0.175. The molecule has 0 spiro atoms. The van der Waals surface area contributed by atoms with Crippen LogP contribution in [-0.2, 0) is 0 Å². The SMILES string of the molecule is COc1cc(C)c(S)c(C)c1.OCCNc1ccccc1. The molecule has 0 aromatic heterocycles. The first kappa shape index (κ1) is 17.4. The van der Waals surface area contributed by atoms with Crippen LogP contribution in [0.5, 0.6) is 5.75 Å². The molecule has 4 heteroatoms. The van der Waals surface area contributed by atoms with Gasteiger partial charge in [-0.05, 0) is 49.2 Å². The van der Waals surface area contributed by atoms with E-state index in [0.29, 0.717) is 6.54 Å². The Morgan fingerprint density at radius 1 is 1.10 bits per heavy atom. The lowest BCUT2D eigenvalue weighted by Crippen LogP contribution is -2.04. The first-order valence-electron chi connectivity index (χ1n) is 6.82. The molecule has 2 rings (SSSR count). The van der Waals surface area contributed by atoms with Crippen molar-refractivity contribution in [1.82, 2.24) is 0 Å². The molecule has 0 bridgehead atoms. The van der Waals surface area contributed by atoms with Gasteiger partial charge in [0.2, 0.25) is 0 Å². The van der Waals surface area contributed by atoms with Gasteiger partial charge in [0.05, 0.1) is 13.7 Å². The summed E-state index contributed by atoms with van der Waals surface area (Å²) in [4.78, 5) is 1.05. The van der Waals surface area contributed by atoms with Crippen LogP contribution in [0.4, 0.5) is 5.69 Å². The Kier molecular flexibility index (Phi) is 7.72. The van der Waals surface area contributed by atoms with Crippen LogP contribution in [0.1, 0.15) is 11.1 Å². The van der Waals surface area contributed by atoms with Gasteiger partial charge in [0, 0.05) is 17.1 Å². The summed E-state index contributed by atoms with van der Waals surface area (Å²) in [5, 5.41) is 11.5. The van der Waals surface area contributed by atoms with Gasteiger partial charge in [0.25, 0.3) is 0 Å². The van der Waals surface area contributed by atoms with Crippen LogP contribution in [0, 0.1) is 13.8 Å². The number of benzene rings is 2. The number of hydrogen-bond acceptors (Lipinski definition) is 4. The lowest BCUT2D eigenvalue weighted by molar-refractivity contribution is 0.311. The summed E-state index contributed by atoms with van der Waals surface area (Å²) in [5.41, 5.74) is 3.37. The summed E-state index contributed by atoms with van der Waals surface area (Å²) in [6.07, 6.45) is 0. The number of anilines is 1. The van der Waals surface area contributed by atoms with Crippen molar-refractivity contribution in [2.24, 2.45) is 0 Å². The van der Waals surface area contributed by atoms with E-state index in [4.69, 9.17) is 9.84 Å². The van der Waals surface area contributed by atoms with E-state index in [1.54, 1.807) is 7.11 Å². The number of rotatable bonds is 4. The number of aryl methyl sites for hydroxylation is 2. The van der Waals surface area contributed by atoms with Gasteiger partial charge >= 0.3 is 0 Å². The number of nitrogens with one attached hydrogen (secondary N) is 1. The van der Waals surface area contributed by atoms with E-state index < -0.39 is 0 Å². The number of thiol groups is 1. The zero-order chi connectivity index (χ0) is 15.7. The van der Waals surface area contributed by atoms with Crippen LogP contribution in [0.25, 0.3) is 0 Å². The number of aliphatic hydroxyl groups is 1. The molecule has 0 unspecified atom stereocenters. The van der Waals surface area contributed by atoms with E-state index in [0.717, 1.165) is 27.5 Å². The molecule has 0 amide bonds. The van der Waals surface area contributed by atoms with Crippen molar-refractivity contribution in [2.45, 2.75) is 18.7 Å². The highest BCUT2D eigenvalue weighted by atomic mass is 32.1. The van der Waals surface area contributed by atoms with Crippen molar-refractivity contribution in [2.75, 3.05) is 25.6 Å². The molecule has 0 aliphatic rings. The molecular weight excluding hydrogens is 282 g/mol. The minimum Gasteiger partial charge on any atom is -0.497 e. The zero-order valence-corrected chi connectivity index (χ0v) is 13.7. The minimum atomic E-state index is 0.175. The van der Waals surface area contributed by atoms with Crippen molar-refractivity contribution in [1.29, 1.82) is 0 Å². The fourth-order valence-corrected chi connectivity index (χ4v) is 1.92. The maximum Gasteiger partial charge on any atom is 0.119 e. The number of aliphatic hydroxyl groups excluding tert-OH is 1. The second kappa shape index (κ2) is 9.32. The Bertz CT molecular complexity index is 521. The molecule has 0 aliphatic carbocycles. The quantitative estimate of drug-likeness (QED) is 0.755. The molecule has 0 atom stereocenters. The third-order valence-corrected chi connectivity index (χ3v) is 3.62. The molecule has 2 N–H and O–H groups in total. The maximum atomic E-state index is 8.47. The Morgan fingerprint density at radius 2 is 1.67 bits per heavy atom. The Hall–Kier alpha value is -1.65. The highest BCUT2D eigenvalue weighted by molar-refractivity contribution is 7.80. The van der Waals surface area contributed by atoms with Gasteiger partial charge in [0.15, 0.2) is 0 Å². The summed E-state index contributed by atoms with van der Waals surface area (Å²) < 4.78 is 5.10. The molecule has 0 saturated carbocycles. The van der Waals surface area contributed by atoms with Crippen LogP contribution >= 0.6 is 12.6 Å². The van der Waals surface area contributed by atoms with Crippen LogP contribution in [0.15, 0.2) is 47.4 Å². The third-order valence-electron chi connectivity index (χ3n) is 2.91. The van der Waals surface area contributed by atoms with Crippen molar-refractivity contribution in [3.63, 3.8) is 0 Å². The molecule has 0 fully saturated rings. The molecule has 0 aliphatic heterocycles. The van der Waals surface area contributed by atoms with Crippen LogP contribution < -0.4 is 10.1 Å².